The molecule has 0 N–H and O–H groups in total. The maximum absolute atomic E-state index is 11.6. The average molecular weight is 328 g/mol. The van der Waals surface area contributed by atoms with Crippen molar-refractivity contribution in [1.29, 1.82) is 0 Å². The van der Waals surface area contributed by atoms with E-state index in [0.717, 1.165) is 0 Å². The zero-order chi connectivity index (χ0) is 18.0. The lowest BCUT2D eigenvalue weighted by Gasteiger charge is -2.19. The summed E-state index contributed by atoms with van der Waals surface area (Å²) < 4.78 is 25.8. The Hall–Kier alpha value is -2.44. The summed E-state index contributed by atoms with van der Waals surface area (Å²) in [6.45, 7) is 15.3. The SMILES string of the molecule is C=C(C)C(=O)O/C(OCC)=C(/OCC)OC(C)OC(=O)C(=C)C. The van der Waals surface area contributed by atoms with Crippen LogP contribution in [0.5, 0.6) is 0 Å². The van der Waals surface area contributed by atoms with Gasteiger partial charge in [-0.05, 0) is 27.7 Å². The zero-order valence-corrected chi connectivity index (χ0v) is 14.3. The second-order valence-corrected chi connectivity index (χ2v) is 4.48. The molecule has 7 heteroatoms. The molecule has 1 unspecified atom stereocenters. The molecule has 0 saturated carbocycles. The lowest BCUT2D eigenvalue weighted by Crippen LogP contribution is -2.21. The molecule has 0 spiro atoms. The molecular weight excluding hydrogens is 304 g/mol. The fourth-order valence-corrected chi connectivity index (χ4v) is 1.13. The van der Waals surface area contributed by atoms with Gasteiger partial charge in [-0.2, -0.15) is 0 Å². The van der Waals surface area contributed by atoms with Crippen LogP contribution >= 0.6 is 0 Å². The van der Waals surface area contributed by atoms with Crippen molar-refractivity contribution in [2.45, 2.75) is 40.9 Å². The van der Waals surface area contributed by atoms with Gasteiger partial charge < -0.3 is 23.7 Å². The molecule has 0 aliphatic carbocycles. The van der Waals surface area contributed by atoms with E-state index in [0.29, 0.717) is 0 Å². The van der Waals surface area contributed by atoms with Gasteiger partial charge in [0.15, 0.2) is 0 Å². The Kier molecular flexibility index (Phi) is 9.22. The van der Waals surface area contributed by atoms with Crippen molar-refractivity contribution in [1.82, 2.24) is 0 Å². The van der Waals surface area contributed by atoms with E-state index in [4.69, 9.17) is 23.7 Å². The smallest absolute Gasteiger partial charge is 0.372 e. The second kappa shape index (κ2) is 10.3. The van der Waals surface area contributed by atoms with Crippen molar-refractivity contribution in [3.05, 3.63) is 36.2 Å². The Morgan fingerprint density at radius 1 is 0.870 bits per heavy atom. The Morgan fingerprint density at radius 3 is 1.78 bits per heavy atom. The minimum Gasteiger partial charge on any atom is -0.460 e. The summed E-state index contributed by atoms with van der Waals surface area (Å²) in [7, 11) is 0. The highest BCUT2D eigenvalue weighted by molar-refractivity contribution is 5.87. The maximum atomic E-state index is 11.6. The topological polar surface area (TPSA) is 80.3 Å². The Morgan fingerprint density at radius 2 is 1.35 bits per heavy atom. The third-order valence-electron chi connectivity index (χ3n) is 2.15. The molecule has 0 saturated heterocycles. The third-order valence-corrected chi connectivity index (χ3v) is 2.15. The first-order valence-corrected chi connectivity index (χ1v) is 7.13. The summed E-state index contributed by atoms with van der Waals surface area (Å²) in [6, 6.07) is 0. The fraction of sp³-hybridized carbons (Fsp3) is 0.500. The molecule has 0 aromatic heterocycles. The van der Waals surface area contributed by atoms with E-state index in [-0.39, 0.29) is 36.3 Å². The molecule has 0 heterocycles. The van der Waals surface area contributed by atoms with E-state index in [2.05, 4.69) is 13.2 Å². The van der Waals surface area contributed by atoms with Gasteiger partial charge in [0.1, 0.15) is 0 Å². The number of hydrogen-bond donors (Lipinski definition) is 0. The average Bonchev–Trinajstić information content (AvgIpc) is 2.45. The molecule has 0 bridgehead atoms. The lowest BCUT2D eigenvalue weighted by molar-refractivity contribution is -0.178. The molecule has 0 rings (SSSR count). The van der Waals surface area contributed by atoms with Crippen molar-refractivity contribution < 1.29 is 33.3 Å². The fourth-order valence-electron chi connectivity index (χ4n) is 1.13. The molecule has 130 valence electrons. The van der Waals surface area contributed by atoms with Gasteiger partial charge in [0, 0.05) is 18.1 Å². The van der Waals surface area contributed by atoms with Crippen molar-refractivity contribution in [2.24, 2.45) is 0 Å². The van der Waals surface area contributed by atoms with Gasteiger partial charge in [0.05, 0.1) is 13.2 Å². The van der Waals surface area contributed by atoms with Crippen LogP contribution in [0.3, 0.4) is 0 Å². The van der Waals surface area contributed by atoms with E-state index in [1.54, 1.807) is 13.8 Å². The van der Waals surface area contributed by atoms with Crippen molar-refractivity contribution >= 4 is 11.9 Å². The summed E-state index contributed by atoms with van der Waals surface area (Å²) in [5.41, 5.74) is 0.404. The summed E-state index contributed by atoms with van der Waals surface area (Å²) in [6.07, 6.45) is -1.00. The van der Waals surface area contributed by atoms with Crippen LogP contribution < -0.4 is 0 Å². The van der Waals surface area contributed by atoms with Gasteiger partial charge in [0.25, 0.3) is 0 Å². The number of esters is 2. The number of hydrogen-bond acceptors (Lipinski definition) is 7. The number of carbonyl (C=O) groups excluding carboxylic acids is 2. The molecule has 0 aromatic carbocycles. The summed E-state index contributed by atoms with van der Waals surface area (Å²) in [4.78, 5) is 23.1. The summed E-state index contributed by atoms with van der Waals surface area (Å²) >= 11 is 0. The Labute approximate surface area is 136 Å². The minimum atomic E-state index is -1.00. The number of rotatable bonds is 10. The van der Waals surface area contributed by atoms with Gasteiger partial charge in [-0.15, -0.1) is 0 Å². The quantitative estimate of drug-likeness (QED) is 0.264. The molecule has 7 nitrogen and oxygen atoms in total. The molecule has 0 radical (unpaired) electrons. The van der Waals surface area contributed by atoms with Gasteiger partial charge in [-0.3, -0.25) is 0 Å². The van der Waals surface area contributed by atoms with Gasteiger partial charge in [0.2, 0.25) is 6.29 Å². The standard InChI is InChI=1S/C16H24O7/c1-8-19-15(22-12(7)21-13(17)10(3)4)16(20-9-2)23-14(18)11(5)6/h12H,3,5,8-9H2,1-2,4,6-7H3/b16-15-. The van der Waals surface area contributed by atoms with Gasteiger partial charge in [-0.25, -0.2) is 9.59 Å². The van der Waals surface area contributed by atoms with Crippen LogP contribution in [0.15, 0.2) is 36.2 Å². The minimum absolute atomic E-state index is 0.180. The normalized spacial score (nSPS) is 12.4. The Balaban J connectivity index is 5.23. The monoisotopic (exact) mass is 328 g/mol. The first kappa shape index (κ1) is 20.6. The first-order valence-electron chi connectivity index (χ1n) is 7.13. The highest BCUT2D eigenvalue weighted by atomic mass is 16.8. The molecule has 0 amide bonds. The first-order chi connectivity index (χ1) is 10.7. The Bertz CT molecular complexity index is 491. The van der Waals surface area contributed by atoms with E-state index in [1.807, 2.05) is 0 Å². The highest BCUT2D eigenvalue weighted by Gasteiger charge is 2.22. The van der Waals surface area contributed by atoms with Crippen molar-refractivity contribution in [3.8, 4) is 0 Å². The van der Waals surface area contributed by atoms with E-state index in [9.17, 15) is 9.59 Å². The van der Waals surface area contributed by atoms with Crippen LogP contribution in [0.4, 0.5) is 0 Å². The summed E-state index contributed by atoms with van der Waals surface area (Å²) in [5.74, 6) is -1.78. The van der Waals surface area contributed by atoms with Gasteiger partial charge >= 0.3 is 23.8 Å². The zero-order valence-electron chi connectivity index (χ0n) is 14.3. The van der Waals surface area contributed by atoms with Crippen LogP contribution in [-0.2, 0) is 33.3 Å². The van der Waals surface area contributed by atoms with Crippen LogP contribution in [0, 0.1) is 0 Å². The van der Waals surface area contributed by atoms with Gasteiger partial charge in [-0.1, -0.05) is 13.2 Å². The van der Waals surface area contributed by atoms with E-state index >= 15 is 0 Å². The number of ether oxygens (including phenoxy) is 5. The largest absolute Gasteiger partial charge is 0.460 e. The molecule has 0 aliphatic rings. The predicted octanol–water partition coefficient (Wildman–Crippen LogP) is 2.79. The maximum Gasteiger partial charge on any atom is 0.372 e. The molecule has 0 fully saturated rings. The number of carbonyl (C=O) groups is 2. The van der Waals surface area contributed by atoms with Crippen molar-refractivity contribution in [3.63, 3.8) is 0 Å². The highest BCUT2D eigenvalue weighted by Crippen LogP contribution is 2.16. The molecule has 0 aliphatic heterocycles. The molecule has 0 aromatic rings. The lowest BCUT2D eigenvalue weighted by atomic mass is 10.4. The predicted molar refractivity (Wildman–Crippen MR) is 82.6 cm³/mol. The second-order valence-electron chi connectivity index (χ2n) is 4.48. The summed E-state index contributed by atoms with van der Waals surface area (Å²) in [5, 5.41) is 0. The van der Waals surface area contributed by atoms with E-state index in [1.165, 1.54) is 20.8 Å². The molecular formula is C16H24O7. The van der Waals surface area contributed by atoms with E-state index < -0.39 is 18.2 Å². The van der Waals surface area contributed by atoms with Crippen LogP contribution in [0.1, 0.15) is 34.6 Å². The van der Waals surface area contributed by atoms with Crippen LogP contribution in [-0.4, -0.2) is 31.4 Å². The van der Waals surface area contributed by atoms with Crippen molar-refractivity contribution in [2.75, 3.05) is 13.2 Å². The van der Waals surface area contributed by atoms with Crippen LogP contribution in [0.25, 0.3) is 0 Å². The van der Waals surface area contributed by atoms with Crippen LogP contribution in [0.2, 0.25) is 0 Å². The molecule has 1 atom stereocenters. The molecule has 23 heavy (non-hydrogen) atoms. The third kappa shape index (κ3) is 7.94.